The number of aliphatic imine (C=N–C) groups is 1. The van der Waals surface area contributed by atoms with Crippen molar-refractivity contribution in [2.24, 2.45) is 4.99 Å². The average molecular weight is 268 g/mol. The standard InChI is InChI=1S/C16H16N2O2/c1-16(2)18-15(13-5-3-4-8-17-13)12-9-11(10-19)6-7-14(12)20-16/h3-9,19H,10H2,1-2H3. The minimum Gasteiger partial charge on any atom is -0.466 e. The molecule has 0 atom stereocenters. The zero-order valence-electron chi connectivity index (χ0n) is 11.5. The largest absolute Gasteiger partial charge is 0.466 e. The van der Waals surface area contributed by atoms with Crippen LogP contribution in [-0.2, 0) is 6.61 Å². The Labute approximate surface area is 117 Å². The molecule has 0 unspecified atom stereocenters. The fourth-order valence-corrected chi connectivity index (χ4v) is 2.27. The number of aliphatic hydroxyl groups is 1. The van der Waals surface area contributed by atoms with Gasteiger partial charge in [-0.05, 0) is 43.7 Å². The molecular formula is C16H16N2O2. The summed E-state index contributed by atoms with van der Waals surface area (Å²) in [5.74, 6) is 0.767. The minimum absolute atomic E-state index is 0.00777. The Balaban J connectivity index is 2.19. The maximum atomic E-state index is 9.30. The van der Waals surface area contributed by atoms with E-state index >= 15 is 0 Å². The summed E-state index contributed by atoms with van der Waals surface area (Å²) < 4.78 is 5.87. The van der Waals surface area contributed by atoms with Crippen molar-refractivity contribution in [3.8, 4) is 5.75 Å². The molecule has 0 spiro atoms. The minimum atomic E-state index is -0.624. The van der Waals surface area contributed by atoms with E-state index in [4.69, 9.17) is 4.74 Å². The van der Waals surface area contributed by atoms with Crippen molar-refractivity contribution in [2.75, 3.05) is 0 Å². The molecular weight excluding hydrogens is 252 g/mol. The number of benzene rings is 1. The molecule has 20 heavy (non-hydrogen) atoms. The van der Waals surface area contributed by atoms with Gasteiger partial charge in [0.1, 0.15) is 5.75 Å². The fourth-order valence-electron chi connectivity index (χ4n) is 2.27. The quantitative estimate of drug-likeness (QED) is 0.910. The highest BCUT2D eigenvalue weighted by Gasteiger charge is 2.29. The van der Waals surface area contributed by atoms with Crippen molar-refractivity contribution in [1.82, 2.24) is 4.98 Å². The normalized spacial score (nSPS) is 16.1. The summed E-state index contributed by atoms with van der Waals surface area (Å²) in [6.45, 7) is 3.82. The van der Waals surface area contributed by atoms with Crippen LogP contribution in [0.3, 0.4) is 0 Å². The van der Waals surface area contributed by atoms with Gasteiger partial charge in [0, 0.05) is 11.8 Å². The maximum absolute atomic E-state index is 9.30. The lowest BCUT2D eigenvalue weighted by molar-refractivity contribution is 0.115. The van der Waals surface area contributed by atoms with Gasteiger partial charge in [-0.1, -0.05) is 12.1 Å². The van der Waals surface area contributed by atoms with Gasteiger partial charge in [-0.3, -0.25) is 4.98 Å². The Morgan fingerprint density at radius 1 is 1.20 bits per heavy atom. The fraction of sp³-hybridized carbons (Fsp3) is 0.250. The van der Waals surface area contributed by atoms with E-state index in [-0.39, 0.29) is 6.61 Å². The molecule has 1 aromatic heterocycles. The van der Waals surface area contributed by atoms with E-state index < -0.39 is 5.72 Å². The molecule has 2 heterocycles. The van der Waals surface area contributed by atoms with Crippen LogP contribution in [0.5, 0.6) is 5.75 Å². The zero-order chi connectivity index (χ0) is 14.2. The Hall–Kier alpha value is -2.20. The van der Waals surface area contributed by atoms with E-state index in [0.29, 0.717) is 0 Å². The predicted molar refractivity (Wildman–Crippen MR) is 76.9 cm³/mol. The number of fused-ring (bicyclic) bond motifs is 1. The van der Waals surface area contributed by atoms with Crippen LogP contribution in [0.1, 0.15) is 30.7 Å². The molecule has 1 aromatic carbocycles. The number of ether oxygens (including phenoxy) is 1. The Morgan fingerprint density at radius 2 is 2.05 bits per heavy atom. The summed E-state index contributed by atoms with van der Waals surface area (Å²) in [5.41, 5.74) is 2.68. The number of pyridine rings is 1. The molecule has 4 heteroatoms. The average Bonchev–Trinajstić information content (AvgIpc) is 2.46. The molecule has 0 amide bonds. The van der Waals surface area contributed by atoms with Gasteiger partial charge < -0.3 is 9.84 Å². The first kappa shape index (κ1) is 12.8. The Bertz CT molecular complexity index is 663. The third kappa shape index (κ3) is 2.30. The SMILES string of the molecule is CC1(C)N=C(c2ccccn2)c2cc(CO)ccc2O1. The van der Waals surface area contributed by atoms with E-state index in [1.54, 1.807) is 6.20 Å². The summed E-state index contributed by atoms with van der Waals surface area (Å²) in [7, 11) is 0. The third-order valence-corrected chi connectivity index (χ3v) is 3.13. The van der Waals surface area contributed by atoms with Crippen molar-refractivity contribution in [3.63, 3.8) is 0 Å². The lowest BCUT2D eigenvalue weighted by Crippen LogP contribution is -2.32. The van der Waals surface area contributed by atoms with Crippen LogP contribution in [0, 0.1) is 0 Å². The first-order valence-electron chi connectivity index (χ1n) is 6.53. The van der Waals surface area contributed by atoms with Crippen LogP contribution in [0.15, 0.2) is 47.6 Å². The molecule has 0 saturated heterocycles. The van der Waals surface area contributed by atoms with Crippen molar-refractivity contribution < 1.29 is 9.84 Å². The molecule has 4 nitrogen and oxygen atoms in total. The van der Waals surface area contributed by atoms with E-state index in [2.05, 4.69) is 9.98 Å². The second kappa shape index (κ2) is 4.72. The second-order valence-electron chi connectivity index (χ2n) is 5.21. The van der Waals surface area contributed by atoms with Crippen molar-refractivity contribution in [1.29, 1.82) is 0 Å². The van der Waals surface area contributed by atoms with E-state index in [0.717, 1.165) is 28.3 Å². The highest BCUT2D eigenvalue weighted by molar-refractivity contribution is 6.14. The zero-order valence-corrected chi connectivity index (χ0v) is 11.5. The number of aliphatic hydroxyl groups excluding tert-OH is 1. The van der Waals surface area contributed by atoms with Crippen LogP contribution in [0.4, 0.5) is 0 Å². The Morgan fingerprint density at radius 3 is 2.75 bits per heavy atom. The maximum Gasteiger partial charge on any atom is 0.195 e. The predicted octanol–water partition coefficient (Wildman–Crippen LogP) is 2.54. The van der Waals surface area contributed by atoms with Crippen LogP contribution >= 0.6 is 0 Å². The monoisotopic (exact) mass is 268 g/mol. The highest BCUT2D eigenvalue weighted by atomic mass is 16.5. The summed E-state index contributed by atoms with van der Waals surface area (Å²) in [4.78, 5) is 9.02. The molecule has 2 aromatic rings. The van der Waals surface area contributed by atoms with E-state index in [1.165, 1.54) is 0 Å². The van der Waals surface area contributed by atoms with Crippen molar-refractivity contribution in [3.05, 3.63) is 59.4 Å². The first-order chi connectivity index (χ1) is 9.59. The van der Waals surface area contributed by atoms with E-state index in [9.17, 15) is 5.11 Å². The van der Waals surface area contributed by atoms with Crippen molar-refractivity contribution >= 4 is 5.71 Å². The molecule has 3 rings (SSSR count). The molecule has 1 aliphatic rings. The van der Waals surface area contributed by atoms with Gasteiger partial charge >= 0.3 is 0 Å². The molecule has 0 radical (unpaired) electrons. The molecule has 0 aliphatic carbocycles. The Kier molecular flexibility index (Phi) is 3.03. The number of hydrogen-bond acceptors (Lipinski definition) is 4. The topological polar surface area (TPSA) is 54.7 Å². The van der Waals surface area contributed by atoms with Gasteiger partial charge in [0.05, 0.1) is 18.0 Å². The number of aromatic nitrogens is 1. The number of nitrogens with zero attached hydrogens (tertiary/aromatic N) is 2. The van der Waals surface area contributed by atoms with Gasteiger partial charge in [0.25, 0.3) is 0 Å². The van der Waals surface area contributed by atoms with Crippen LogP contribution in [0.2, 0.25) is 0 Å². The summed E-state index contributed by atoms with van der Waals surface area (Å²) in [6.07, 6.45) is 1.75. The molecule has 1 aliphatic heterocycles. The lowest BCUT2D eigenvalue weighted by atomic mass is 10.0. The summed E-state index contributed by atoms with van der Waals surface area (Å²) in [6, 6.07) is 11.4. The summed E-state index contributed by atoms with van der Waals surface area (Å²) >= 11 is 0. The third-order valence-electron chi connectivity index (χ3n) is 3.13. The molecule has 102 valence electrons. The second-order valence-corrected chi connectivity index (χ2v) is 5.21. The molecule has 0 saturated carbocycles. The molecule has 0 fully saturated rings. The first-order valence-corrected chi connectivity index (χ1v) is 6.53. The van der Waals surface area contributed by atoms with Gasteiger partial charge in [-0.25, -0.2) is 4.99 Å². The smallest absolute Gasteiger partial charge is 0.195 e. The van der Waals surface area contributed by atoms with Crippen LogP contribution in [-0.4, -0.2) is 21.5 Å². The lowest BCUT2D eigenvalue weighted by Gasteiger charge is -2.30. The van der Waals surface area contributed by atoms with Crippen molar-refractivity contribution in [2.45, 2.75) is 26.2 Å². The van der Waals surface area contributed by atoms with Gasteiger partial charge in [-0.15, -0.1) is 0 Å². The van der Waals surface area contributed by atoms with Gasteiger partial charge in [-0.2, -0.15) is 0 Å². The van der Waals surface area contributed by atoms with Gasteiger partial charge in [0.2, 0.25) is 0 Å². The van der Waals surface area contributed by atoms with Crippen LogP contribution < -0.4 is 4.74 Å². The summed E-state index contributed by atoms with van der Waals surface area (Å²) in [5, 5.41) is 9.30. The van der Waals surface area contributed by atoms with E-state index in [1.807, 2.05) is 50.2 Å². The number of hydrogen-bond donors (Lipinski definition) is 1. The molecule has 1 N–H and O–H groups in total. The number of rotatable bonds is 2. The van der Waals surface area contributed by atoms with Crippen LogP contribution in [0.25, 0.3) is 0 Å². The van der Waals surface area contributed by atoms with Gasteiger partial charge in [0.15, 0.2) is 5.72 Å². The molecule has 0 bridgehead atoms. The highest BCUT2D eigenvalue weighted by Crippen LogP contribution is 2.32.